The van der Waals surface area contributed by atoms with E-state index in [1.54, 1.807) is 0 Å². The summed E-state index contributed by atoms with van der Waals surface area (Å²) in [6.07, 6.45) is 8.28. The van der Waals surface area contributed by atoms with E-state index in [0.717, 1.165) is 31.6 Å². The number of hydrogen-bond acceptors (Lipinski definition) is 3. The van der Waals surface area contributed by atoms with Crippen LogP contribution in [0.4, 0.5) is 0 Å². The Kier molecular flexibility index (Phi) is 4.24. The van der Waals surface area contributed by atoms with Crippen LogP contribution in [0.25, 0.3) is 16.9 Å². The molecule has 2 heterocycles. The number of nitrogens with zero attached hydrogens (tertiary/aromatic N) is 3. The van der Waals surface area contributed by atoms with Gasteiger partial charge in [0, 0.05) is 24.3 Å². The molecule has 1 atom stereocenters. The summed E-state index contributed by atoms with van der Waals surface area (Å²) in [6, 6.07) is 22.0. The molecule has 4 nitrogen and oxygen atoms in total. The van der Waals surface area contributed by atoms with Crippen LogP contribution in [-0.4, -0.2) is 14.8 Å². The average Bonchev–Trinajstić information content (AvgIpc) is 3.39. The second-order valence-corrected chi connectivity index (χ2v) is 8.30. The highest BCUT2D eigenvalue weighted by Gasteiger charge is 2.25. The fourth-order valence-corrected chi connectivity index (χ4v) is 4.99. The van der Waals surface area contributed by atoms with Crippen LogP contribution >= 0.6 is 0 Å². The van der Waals surface area contributed by atoms with E-state index in [1.807, 2.05) is 35.3 Å². The quantitative estimate of drug-likeness (QED) is 0.468. The third kappa shape index (κ3) is 2.96. The Hall–Kier alpha value is -3.24. The molecular formula is C26H24N4. The summed E-state index contributed by atoms with van der Waals surface area (Å²) in [4.78, 5) is 4.48. The molecule has 0 bridgehead atoms. The zero-order valence-electron chi connectivity index (χ0n) is 16.9. The second-order valence-electron chi connectivity index (χ2n) is 8.30. The van der Waals surface area contributed by atoms with E-state index in [4.69, 9.17) is 0 Å². The molecule has 0 saturated carbocycles. The Balaban J connectivity index is 1.21. The van der Waals surface area contributed by atoms with Crippen molar-refractivity contribution in [1.82, 2.24) is 20.1 Å². The lowest BCUT2D eigenvalue weighted by atomic mass is 9.92. The van der Waals surface area contributed by atoms with E-state index in [1.165, 1.54) is 45.5 Å². The first-order chi connectivity index (χ1) is 14.9. The van der Waals surface area contributed by atoms with Crippen molar-refractivity contribution in [2.45, 2.75) is 38.3 Å². The molecule has 0 amide bonds. The van der Waals surface area contributed by atoms with Gasteiger partial charge in [0.05, 0.1) is 11.9 Å². The van der Waals surface area contributed by atoms with Gasteiger partial charge in [-0.2, -0.15) is 5.10 Å². The standard InChI is InChI=1S/C26H24N4/c1-2-7-21-19(6-1)15-20-14-18(11-12-22(20)21)16-28-24-8-5-9-25-23(24)17-29-30(25)26-10-3-4-13-27-26/h1-4,6-7,10-14,17,24,28H,5,8-9,15-16H2. The minimum absolute atomic E-state index is 0.344. The SMILES string of the molecule is c1ccc(-n2ncc3c2CCCC3NCc2ccc3c(c2)Cc2ccccc2-3)nc1. The van der Waals surface area contributed by atoms with Gasteiger partial charge >= 0.3 is 0 Å². The summed E-state index contributed by atoms with van der Waals surface area (Å²) >= 11 is 0. The Morgan fingerprint density at radius 1 is 0.967 bits per heavy atom. The number of aromatic nitrogens is 3. The Morgan fingerprint density at radius 2 is 1.87 bits per heavy atom. The maximum atomic E-state index is 4.66. The van der Waals surface area contributed by atoms with Crippen LogP contribution in [0.15, 0.2) is 73.1 Å². The van der Waals surface area contributed by atoms with Crippen LogP contribution in [0.3, 0.4) is 0 Å². The van der Waals surface area contributed by atoms with Crippen molar-refractivity contribution >= 4 is 0 Å². The van der Waals surface area contributed by atoms with Gasteiger partial charge in [0.1, 0.15) is 0 Å². The van der Waals surface area contributed by atoms with E-state index < -0.39 is 0 Å². The molecule has 30 heavy (non-hydrogen) atoms. The highest BCUT2D eigenvalue weighted by molar-refractivity contribution is 5.76. The fourth-order valence-electron chi connectivity index (χ4n) is 4.99. The Bertz CT molecular complexity index is 1210. The van der Waals surface area contributed by atoms with Gasteiger partial charge in [-0.25, -0.2) is 9.67 Å². The molecule has 1 N–H and O–H groups in total. The zero-order chi connectivity index (χ0) is 19.9. The lowest BCUT2D eigenvalue weighted by Crippen LogP contribution is -2.25. The third-order valence-corrected chi connectivity index (χ3v) is 6.46. The van der Waals surface area contributed by atoms with Gasteiger partial charge in [-0.1, -0.05) is 48.5 Å². The highest BCUT2D eigenvalue weighted by atomic mass is 15.3. The number of pyridine rings is 1. The molecule has 4 aromatic rings. The first-order valence-electron chi connectivity index (χ1n) is 10.8. The molecule has 0 radical (unpaired) electrons. The lowest BCUT2D eigenvalue weighted by molar-refractivity contribution is 0.454. The highest BCUT2D eigenvalue weighted by Crippen LogP contribution is 2.37. The fraction of sp³-hybridized carbons (Fsp3) is 0.231. The van der Waals surface area contributed by atoms with Crippen molar-refractivity contribution in [1.29, 1.82) is 0 Å². The summed E-state index contributed by atoms with van der Waals surface area (Å²) in [7, 11) is 0. The van der Waals surface area contributed by atoms with E-state index in [-0.39, 0.29) is 0 Å². The Labute approximate surface area is 176 Å². The van der Waals surface area contributed by atoms with Crippen LogP contribution in [0, 0.1) is 0 Å². The zero-order valence-corrected chi connectivity index (χ0v) is 16.9. The summed E-state index contributed by atoms with van der Waals surface area (Å²) in [6.45, 7) is 0.877. The minimum Gasteiger partial charge on any atom is -0.306 e. The number of hydrogen-bond donors (Lipinski definition) is 1. The van der Waals surface area contributed by atoms with Crippen LogP contribution < -0.4 is 5.32 Å². The van der Waals surface area contributed by atoms with E-state index >= 15 is 0 Å². The second kappa shape index (κ2) is 7.22. The van der Waals surface area contributed by atoms with Crippen LogP contribution in [0.2, 0.25) is 0 Å². The van der Waals surface area contributed by atoms with Crippen molar-refractivity contribution in [2.24, 2.45) is 0 Å². The number of benzene rings is 2. The maximum absolute atomic E-state index is 4.66. The van der Waals surface area contributed by atoms with Gasteiger partial charge < -0.3 is 5.32 Å². The molecule has 0 aliphatic heterocycles. The number of fused-ring (bicyclic) bond motifs is 4. The van der Waals surface area contributed by atoms with E-state index in [2.05, 4.69) is 57.9 Å². The Morgan fingerprint density at radius 3 is 2.80 bits per heavy atom. The van der Waals surface area contributed by atoms with E-state index in [0.29, 0.717) is 6.04 Å². The van der Waals surface area contributed by atoms with Crippen LogP contribution in [-0.2, 0) is 19.4 Å². The third-order valence-electron chi connectivity index (χ3n) is 6.46. The van der Waals surface area contributed by atoms with Crippen molar-refractivity contribution in [3.63, 3.8) is 0 Å². The predicted molar refractivity (Wildman–Crippen MR) is 119 cm³/mol. The normalized spacial score (nSPS) is 16.7. The molecule has 2 aliphatic carbocycles. The van der Waals surface area contributed by atoms with Gasteiger partial charge in [-0.05, 0) is 65.6 Å². The first kappa shape index (κ1) is 17.6. The summed E-state index contributed by atoms with van der Waals surface area (Å²) in [5, 5.41) is 8.46. The average molecular weight is 393 g/mol. The van der Waals surface area contributed by atoms with Crippen LogP contribution in [0.5, 0.6) is 0 Å². The molecule has 0 fully saturated rings. The number of rotatable bonds is 4. The van der Waals surface area contributed by atoms with Gasteiger partial charge in [0.25, 0.3) is 0 Å². The molecular weight excluding hydrogens is 368 g/mol. The lowest BCUT2D eigenvalue weighted by Gasteiger charge is -2.24. The van der Waals surface area contributed by atoms with Gasteiger partial charge in [-0.3, -0.25) is 0 Å². The van der Waals surface area contributed by atoms with Crippen LogP contribution in [0.1, 0.15) is 46.8 Å². The molecule has 2 aromatic heterocycles. The molecule has 2 aromatic carbocycles. The van der Waals surface area contributed by atoms with Crippen molar-refractivity contribution in [3.05, 3.63) is 101 Å². The maximum Gasteiger partial charge on any atom is 0.153 e. The smallest absolute Gasteiger partial charge is 0.153 e. The molecule has 148 valence electrons. The van der Waals surface area contributed by atoms with Gasteiger partial charge in [-0.15, -0.1) is 0 Å². The summed E-state index contributed by atoms with van der Waals surface area (Å²) < 4.78 is 2.01. The van der Waals surface area contributed by atoms with Gasteiger partial charge in [0.2, 0.25) is 0 Å². The van der Waals surface area contributed by atoms with Gasteiger partial charge in [0.15, 0.2) is 5.82 Å². The summed E-state index contributed by atoms with van der Waals surface area (Å²) in [5.41, 5.74) is 9.64. The molecule has 0 saturated heterocycles. The summed E-state index contributed by atoms with van der Waals surface area (Å²) in [5.74, 6) is 0.901. The molecule has 2 aliphatic rings. The molecule has 4 heteroatoms. The molecule has 1 unspecified atom stereocenters. The first-order valence-corrected chi connectivity index (χ1v) is 10.8. The van der Waals surface area contributed by atoms with Crippen molar-refractivity contribution < 1.29 is 0 Å². The van der Waals surface area contributed by atoms with Crippen molar-refractivity contribution in [3.8, 4) is 16.9 Å². The predicted octanol–water partition coefficient (Wildman–Crippen LogP) is 5.01. The van der Waals surface area contributed by atoms with Crippen molar-refractivity contribution in [2.75, 3.05) is 0 Å². The minimum atomic E-state index is 0.344. The number of nitrogens with one attached hydrogen (secondary N) is 1. The molecule has 6 rings (SSSR count). The monoisotopic (exact) mass is 392 g/mol. The largest absolute Gasteiger partial charge is 0.306 e. The topological polar surface area (TPSA) is 42.7 Å². The molecule has 0 spiro atoms. The van der Waals surface area contributed by atoms with E-state index in [9.17, 15) is 0 Å².